The molecule has 1 amide bonds. The van der Waals surface area contributed by atoms with Crippen LogP contribution in [0.5, 0.6) is 11.5 Å². The van der Waals surface area contributed by atoms with E-state index in [0.29, 0.717) is 22.7 Å². The molecule has 144 valence electrons. The van der Waals surface area contributed by atoms with Crippen LogP contribution in [-0.2, 0) is 6.42 Å². The predicted molar refractivity (Wildman–Crippen MR) is 111 cm³/mol. The molecule has 1 heterocycles. The number of nitrogens with zero attached hydrogens (tertiary/aromatic N) is 1. The molecule has 2 N–H and O–H groups in total. The number of amides is 1. The Kier molecular flexibility index (Phi) is 6.11. The number of rotatable bonds is 7. The van der Waals surface area contributed by atoms with Gasteiger partial charge in [-0.15, -0.1) is 0 Å². The average molecular weight is 377 g/mol. The number of nitrogens with one attached hydrogen (secondary N) is 2. The van der Waals surface area contributed by atoms with Crippen molar-refractivity contribution in [1.29, 1.82) is 0 Å². The van der Waals surface area contributed by atoms with E-state index in [-0.39, 0.29) is 5.91 Å². The molecule has 0 aliphatic rings. The molecule has 3 rings (SSSR count). The zero-order valence-electron chi connectivity index (χ0n) is 16.2. The van der Waals surface area contributed by atoms with Crippen LogP contribution in [0.25, 0.3) is 0 Å². The number of pyridine rings is 1. The van der Waals surface area contributed by atoms with Crippen LogP contribution >= 0.6 is 0 Å². The highest BCUT2D eigenvalue weighted by Gasteiger charge is 2.11. The summed E-state index contributed by atoms with van der Waals surface area (Å²) in [5.74, 6) is 1.14. The number of carbonyl (C=O) groups is 1. The van der Waals surface area contributed by atoms with Crippen molar-refractivity contribution >= 4 is 23.0 Å². The van der Waals surface area contributed by atoms with Crippen LogP contribution in [-0.4, -0.2) is 25.1 Å². The van der Waals surface area contributed by atoms with Crippen molar-refractivity contribution in [2.24, 2.45) is 0 Å². The van der Waals surface area contributed by atoms with Crippen LogP contribution < -0.4 is 20.1 Å². The summed E-state index contributed by atoms with van der Waals surface area (Å²) in [4.78, 5) is 16.9. The highest BCUT2D eigenvalue weighted by molar-refractivity contribution is 6.05. The van der Waals surface area contributed by atoms with E-state index in [4.69, 9.17) is 9.47 Å². The molecule has 0 spiro atoms. The van der Waals surface area contributed by atoms with Gasteiger partial charge in [0.05, 0.1) is 37.4 Å². The van der Waals surface area contributed by atoms with E-state index in [0.717, 1.165) is 23.4 Å². The summed E-state index contributed by atoms with van der Waals surface area (Å²) in [5, 5.41) is 6.19. The number of aromatic nitrogens is 1. The van der Waals surface area contributed by atoms with Crippen LogP contribution in [0.15, 0.2) is 60.9 Å². The van der Waals surface area contributed by atoms with Crippen LogP contribution in [0.1, 0.15) is 22.8 Å². The van der Waals surface area contributed by atoms with Gasteiger partial charge in [0.2, 0.25) is 0 Å². The summed E-state index contributed by atoms with van der Waals surface area (Å²) in [6.45, 7) is 2.05. The largest absolute Gasteiger partial charge is 0.497 e. The molecule has 1 aromatic heterocycles. The maximum absolute atomic E-state index is 12.7. The normalized spacial score (nSPS) is 10.2. The van der Waals surface area contributed by atoms with E-state index < -0.39 is 0 Å². The molecule has 6 heteroatoms. The van der Waals surface area contributed by atoms with Crippen molar-refractivity contribution in [2.75, 3.05) is 24.9 Å². The van der Waals surface area contributed by atoms with Gasteiger partial charge >= 0.3 is 0 Å². The van der Waals surface area contributed by atoms with E-state index >= 15 is 0 Å². The molecule has 0 fully saturated rings. The molecule has 3 aromatic rings. The molecule has 0 saturated carbocycles. The number of hydrogen-bond donors (Lipinski definition) is 2. The van der Waals surface area contributed by atoms with Gasteiger partial charge in [0.1, 0.15) is 11.5 Å². The predicted octanol–water partition coefficient (Wildman–Crippen LogP) is 4.66. The first kappa shape index (κ1) is 19.2. The first-order valence-corrected chi connectivity index (χ1v) is 8.98. The summed E-state index contributed by atoms with van der Waals surface area (Å²) >= 11 is 0. The van der Waals surface area contributed by atoms with Crippen molar-refractivity contribution in [2.45, 2.75) is 13.3 Å². The second-order valence-corrected chi connectivity index (χ2v) is 6.12. The number of hydrogen-bond acceptors (Lipinski definition) is 5. The topological polar surface area (TPSA) is 72.5 Å². The summed E-state index contributed by atoms with van der Waals surface area (Å²) in [7, 11) is 3.20. The van der Waals surface area contributed by atoms with Crippen molar-refractivity contribution in [3.05, 3.63) is 72.1 Å². The Morgan fingerprint density at radius 3 is 2.57 bits per heavy atom. The molecule has 2 aromatic carbocycles. The Labute approximate surface area is 164 Å². The summed E-state index contributed by atoms with van der Waals surface area (Å²) < 4.78 is 10.6. The van der Waals surface area contributed by atoms with Crippen LogP contribution in [0.2, 0.25) is 0 Å². The van der Waals surface area contributed by atoms with Crippen molar-refractivity contribution in [3.63, 3.8) is 0 Å². The third-order valence-corrected chi connectivity index (χ3v) is 4.33. The summed E-state index contributed by atoms with van der Waals surface area (Å²) in [5.41, 5.74) is 3.74. The molecule has 0 unspecified atom stereocenters. The minimum Gasteiger partial charge on any atom is -0.497 e. The lowest BCUT2D eigenvalue weighted by molar-refractivity contribution is 0.102. The first-order valence-electron chi connectivity index (χ1n) is 8.98. The maximum Gasteiger partial charge on any atom is 0.257 e. The van der Waals surface area contributed by atoms with Gasteiger partial charge in [0, 0.05) is 18.0 Å². The SMILES string of the molecule is CCc1ccccc1NC(=O)c1cncc(Nc2cc(OC)ccc2OC)c1. The fourth-order valence-corrected chi connectivity index (χ4v) is 2.84. The second-order valence-electron chi connectivity index (χ2n) is 6.12. The van der Waals surface area contributed by atoms with Crippen molar-refractivity contribution < 1.29 is 14.3 Å². The lowest BCUT2D eigenvalue weighted by Gasteiger charge is -2.13. The fraction of sp³-hybridized carbons (Fsp3) is 0.182. The zero-order chi connectivity index (χ0) is 19.9. The number of benzene rings is 2. The number of methoxy groups -OCH3 is 2. The minimum absolute atomic E-state index is 0.213. The number of para-hydroxylation sites is 1. The van der Waals surface area contributed by atoms with Crippen molar-refractivity contribution in [1.82, 2.24) is 4.98 Å². The molecular weight excluding hydrogens is 354 g/mol. The Bertz CT molecular complexity index is 973. The van der Waals surface area contributed by atoms with E-state index in [1.165, 1.54) is 6.20 Å². The Morgan fingerprint density at radius 2 is 1.82 bits per heavy atom. The number of ether oxygens (including phenoxy) is 2. The number of carbonyl (C=O) groups excluding carboxylic acids is 1. The molecule has 6 nitrogen and oxygen atoms in total. The quantitative estimate of drug-likeness (QED) is 0.627. The van der Waals surface area contributed by atoms with Crippen LogP contribution in [0.4, 0.5) is 17.1 Å². The van der Waals surface area contributed by atoms with E-state index in [1.54, 1.807) is 26.5 Å². The van der Waals surface area contributed by atoms with Crippen molar-refractivity contribution in [3.8, 4) is 11.5 Å². The monoisotopic (exact) mass is 377 g/mol. The van der Waals surface area contributed by atoms with E-state index in [1.807, 2.05) is 42.5 Å². The van der Waals surface area contributed by atoms with Gasteiger partial charge in [-0.25, -0.2) is 0 Å². The highest BCUT2D eigenvalue weighted by Crippen LogP contribution is 2.31. The van der Waals surface area contributed by atoms with Gasteiger partial charge in [-0.2, -0.15) is 0 Å². The number of aryl methyl sites for hydroxylation is 1. The molecule has 28 heavy (non-hydrogen) atoms. The third-order valence-electron chi connectivity index (χ3n) is 4.33. The molecule has 0 radical (unpaired) electrons. The molecule has 0 aliphatic heterocycles. The van der Waals surface area contributed by atoms with E-state index in [2.05, 4.69) is 22.5 Å². The van der Waals surface area contributed by atoms with Gasteiger partial charge < -0.3 is 20.1 Å². The van der Waals surface area contributed by atoms with Crippen LogP contribution in [0, 0.1) is 0 Å². The number of anilines is 3. The van der Waals surface area contributed by atoms with E-state index in [9.17, 15) is 4.79 Å². The smallest absolute Gasteiger partial charge is 0.257 e. The Balaban J connectivity index is 1.82. The Hall–Kier alpha value is -3.54. The molecule has 0 aliphatic carbocycles. The summed E-state index contributed by atoms with van der Waals surface area (Å²) in [6.07, 6.45) is 4.03. The lowest BCUT2D eigenvalue weighted by atomic mass is 10.1. The molecular formula is C22H23N3O3. The van der Waals surface area contributed by atoms with Gasteiger partial charge in [0.25, 0.3) is 5.91 Å². The molecule has 0 bridgehead atoms. The molecule has 0 atom stereocenters. The summed E-state index contributed by atoms with van der Waals surface area (Å²) in [6, 6.07) is 15.0. The van der Waals surface area contributed by atoms with Gasteiger partial charge in [0.15, 0.2) is 0 Å². The third kappa shape index (κ3) is 4.40. The minimum atomic E-state index is -0.213. The fourth-order valence-electron chi connectivity index (χ4n) is 2.84. The zero-order valence-corrected chi connectivity index (χ0v) is 16.2. The van der Waals surface area contributed by atoms with Gasteiger partial charge in [-0.1, -0.05) is 25.1 Å². The van der Waals surface area contributed by atoms with Gasteiger partial charge in [-0.05, 0) is 36.2 Å². The molecule has 0 saturated heterocycles. The van der Waals surface area contributed by atoms with Crippen LogP contribution in [0.3, 0.4) is 0 Å². The second kappa shape index (κ2) is 8.90. The lowest BCUT2D eigenvalue weighted by Crippen LogP contribution is -2.13. The Morgan fingerprint density at radius 1 is 1.00 bits per heavy atom. The first-order chi connectivity index (χ1) is 13.6. The highest BCUT2D eigenvalue weighted by atomic mass is 16.5. The maximum atomic E-state index is 12.7. The standard InChI is InChI=1S/C22H23N3O3/c1-4-15-7-5-6-8-19(15)25-22(26)16-11-17(14-23-13-16)24-20-12-18(27-2)9-10-21(20)28-3/h5-14,24H,4H2,1-3H3,(H,25,26). The average Bonchev–Trinajstić information content (AvgIpc) is 2.74. The van der Waals surface area contributed by atoms with Gasteiger partial charge in [-0.3, -0.25) is 9.78 Å².